The van der Waals surface area contributed by atoms with Crippen molar-refractivity contribution in [3.05, 3.63) is 59.8 Å². The maximum Gasteiger partial charge on any atom is 0.0960 e. The van der Waals surface area contributed by atoms with Crippen LogP contribution in [0.5, 0.6) is 0 Å². The molecule has 2 N–H and O–H groups in total. The summed E-state index contributed by atoms with van der Waals surface area (Å²) in [5.74, 6) is 0.851. The minimum atomic E-state index is 0.0580. The van der Waals surface area contributed by atoms with Crippen LogP contribution < -0.4 is 5.73 Å². The topological polar surface area (TPSA) is 38.9 Å². The number of aryl methyl sites for hydroxylation is 1. The number of benzene rings is 1. The molecule has 2 rings (SSSR count). The summed E-state index contributed by atoms with van der Waals surface area (Å²) in [6, 6.07) is 14.7. The molecule has 0 saturated heterocycles. The van der Waals surface area contributed by atoms with Gasteiger partial charge >= 0.3 is 0 Å². The van der Waals surface area contributed by atoms with Gasteiger partial charge < -0.3 is 5.73 Å². The number of nitrogens with two attached hydrogens (primary N) is 1. The first-order chi connectivity index (χ1) is 9.29. The van der Waals surface area contributed by atoms with E-state index in [1.54, 1.807) is 11.8 Å². The molecule has 0 aliphatic carbocycles. The van der Waals surface area contributed by atoms with E-state index in [1.165, 1.54) is 17.5 Å². The number of hydrogen-bond donors (Lipinski definition) is 1. The van der Waals surface area contributed by atoms with Crippen LogP contribution in [0.4, 0.5) is 0 Å². The molecule has 0 spiro atoms. The van der Waals surface area contributed by atoms with Crippen molar-refractivity contribution < 1.29 is 0 Å². The van der Waals surface area contributed by atoms with Crippen molar-refractivity contribution in [1.29, 1.82) is 0 Å². The number of pyridine rings is 1. The molecule has 1 aromatic carbocycles. The molecule has 1 aromatic heterocycles. The van der Waals surface area contributed by atoms with Crippen LogP contribution in [-0.4, -0.2) is 10.7 Å². The Morgan fingerprint density at radius 2 is 1.95 bits per heavy atom. The van der Waals surface area contributed by atoms with E-state index in [9.17, 15) is 0 Å². The normalized spacial score (nSPS) is 12.3. The van der Waals surface area contributed by atoms with Crippen LogP contribution in [-0.2, 0) is 6.42 Å². The van der Waals surface area contributed by atoms with Gasteiger partial charge in [0.25, 0.3) is 0 Å². The summed E-state index contributed by atoms with van der Waals surface area (Å²) in [6.45, 7) is 2.20. The number of thioether (sulfide) groups is 1. The Morgan fingerprint density at radius 3 is 2.58 bits per heavy atom. The molecule has 0 radical (unpaired) electrons. The molecule has 1 atom stereocenters. The molecule has 19 heavy (non-hydrogen) atoms. The quantitative estimate of drug-likeness (QED) is 0.812. The number of nitrogens with zero attached hydrogens (tertiary/aromatic N) is 1. The van der Waals surface area contributed by atoms with Gasteiger partial charge in [-0.1, -0.05) is 43.7 Å². The molecular weight excluding hydrogens is 252 g/mol. The number of aromatic nitrogens is 1. The molecule has 2 aromatic rings. The Labute approximate surface area is 119 Å². The van der Waals surface area contributed by atoms with Gasteiger partial charge in [0.2, 0.25) is 0 Å². The van der Waals surface area contributed by atoms with Crippen LogP contribution in [0.25, 0.3) is 0 Å². The van der Waals surface area contributed by atoms with Crippen molar-refractivity contribution in [2.45, 2.75) is 30.8 Å². The van der Waals surface area contributed by atoms with Gasteiger partial charge in [0.1, 0.15) is 0 Å². The van der Waals surface area contributed by atoms with Crippen LogP contribution in [0, 0.1) is 0 Å². The highest BCUT2D eigenvalue weighted by Gasteiger charge is 2.07. The van der Waals surface area contributed by atoms with Gasteiger partial charge in [0, 0.05) is 18.0 Å². The fourth-order valence-corrected chi connectivity index (χ4v) is 2.78. The van der Waals surface area contributed by atoms with Crippen molar-refractivity contribution in [1.82, 2.24) is 4.98 Å². The van der Waals surface area contributed by atoms with E-state index >= 15 is 0 Å². The summed E-state index contributed by atoms with van der Waals surface area (Å²) < 4.78 is 0. The number of hydrogen-bond acceptors (Lipinski definition) is 3. The van der Waals surface area contributed by atoms with Crippen LogP contribution >= 0.6 is 11.8 Å². The Kier molecular flexibility index (Phi) is 5.43. The fourth-order valence-electron chi connectivity index (χ4n) is 1.92. The standard InChI is InChI=1S/C16H20N2S/c1-2-5-13-7-9-14(10-8-13)15(17)12-19-16-6-3-4-11-18-16/h3-4,6-11,15H,2,5,12,17H2,1H3. The van der Waals surface area contributed by atoms with Gasteiger partial charge in [-0.05, 0) is 29.7 Å². The van der Waals surface area contributed by atoms with Crippen molar-refractivity contribution in [2.75, 3.05) is 5.75 Å². The molecule has 0 amide bonds. The molecule has 3 heteroatoms. The fraction of sp³-hybridized carbons (Fsp3) is 0.312. The van der Waals surface area contributed by atoms with Gasteiger partial charge in [0.05, 0.1) is 5.03 Å². The minimum Gasteiger partial charge on any atom is -0.323 e. The molecule has 1 unspecified atom stereocenters. The molecule has 0 aliphatic rings. The van der Waals surface area contributed by atoms with Crippen molar-refractivity contribution in [3.63, 3.8) is 0 Å². The van der Waals surface area contributed by atoms with E-state index in [1.807, 2.05) is 24.4 Å². The zero-order chi connectivity index (χ0) is 13.5. The molecule has 0 fully saturated rings. The second kappa shape index (κ2) is 7.31. The van der Waals surface area contributed by atoms with Crippen molar-refractivity contribution in [3.8, 4) is 0 Å². The average Bonchev–Trinajstić information content (AvgIpc) is 2.47. The lowest BCUT2D eigenvalue weighted by molar-refractivity contribution is 0.827. The molecule has 0 bridgehead atoms. The molecule has 1 heterocycles. The Balaban J connectivity index is 1.90. The maximum absolute atomic E-state index is 6.22. The van der Waals surface area contributed by atoms with E-state index in [2.05, 4.69) is 36.2 Å². The Bertz CT molecular complexity index is 482. The van der Waals surface area contributed by atoms with E-state index in [-0.39, 0.29) is 6.04 Å². The smallest absolute Gasteiger partial charge is 0.0960 e. The van der Waals surface area contributed by atoms with Gasteiger partial charge in [-0.25, -0.2) is 4.98 Å². The SMILES string of the molecule is CCCc1ccc(C(N)CSc2ccccn2)cc1. The van der Waals surface area contributed by atoms with Gasteiger partial charge in [-0.15, -0.1) is 11.8 Å². The Hall–Kier alpha value is -1.32. The van der Waals surface area contributed by atoms with Crippen molar-refractivity contribution in [2.24, 2.45) is 5.73 Å². The van der Waals surface area contributed by atoms with E-state index in [4.69, 9.17) is 5.73 Å². The third-order valence-corrected chi connectivity index (χ3v) is 4.06. The van der Waals surface area contributed by atoms with E-state index in [0.29, 0.717) is 0 Å². The molecular formula is C16H20N2S. The molecule has 0 saturated carbocycles. The number of rotatable bonds is 6. The molecule has 100 valence electrons. The first-order valence-corrected chi connectivity index (χ1v) is 7.66. The predicted octanol–water partition coefficient (Wildman–Crippen LogP) is 3.83. The van der Waals surface area contributed by atoms with Crippen LogP contribution in [0.3, 0.4) is 0 Å². The zero-order valence-corrected chi connectivity index (χ0v) is 12.1. The summed E-state index contributed by atoms with van der Waals surface area (Å²) in [7, 11) is 0. The van der Waals surface area contributed by atoms with Gasteiger partial charge in [-0.3, -0.25) is 0 Å². The second-order valence-corrected chi connectivity index (χ2v) is 5.62. The second-order valence-electron chi connectivity index (χ2n) is 4.58. The summed E-state index contributed by atoms with van der Waals surface area (Å²) in [4.78, 5) is 4.29. The van der Waals surface area contributed by atoms with Crippen molar-refractivity contribution >= 4 is 11.8 Å². The first-order valence-electron chi connectivity index (χ1n) is 6.68. The van der Waals surface area contributed by atoms with Crippen LogP contribution in [0.1, 0.15) is 30.5 Å². The highest BCUT2D eigenvalue weighted by molar-refractivity contribution is 7.99. The highest BCUT2D eigenvalue weighted by Crippen LogP contribution is 2.21. The Morgan fingerprint density at radius 1 is 1.16 bits per heavy atom. The monoisotopic (exact) mass is 272 g/mol. The van der Waals surface area contributed by atoms with Crippen LogP contribution in [0.2, 0.25) is 0 Å². The maximum atomic E-state index is 6.22. The summed E-state index contributed by atoms with van der Waals surface area (Å²) >= 11 is 1.70. The first kappa shape index (κ1) is 14.1. The third kappa shape index (κ3) is 4.37. The van der Waals surface area contributed by atoms with Gasteiger partial charge in [0.15, 0.2) is 0 Å². The lowest BCUT2D eigenvalue weighted by Crippen LogP contribution is -2.13. The largest absolute Gasteiger partial charge is 0.323 e. The van der Waals surface area contributed by atoms with E-state index < -0.39 is 0 Å². The highest BCUT2D eigenvalue weighted by atomic mass is 32.2. The summed E-state index contributed by atoms with van der Waals surface area (Å²) in [5.41, 5.74) is 8.80. The third-order valence-electron chi connectivity index (χ3n) is 3.00. The van der Waals surface area contributed by atoms with Crippen LogP contribution in [0.15, 0.2) is 53.7 Å². The summed E-state index contributed by atoms with van der Waals surface area (Å²) in [6.07, 6.45) is 4.13. The van der Waals surface area contributed by atoms with Gasteiger partial charge in [-0.2, -0.15) is 0 Å². The lowest BCUT2D eigenvalue weighted by atomic mass is 10.0. The average molecular weight is 272 g/mol. The minimum absolute atomic E-state index is 0.0580. The van der Waals surface area contributed by atoms with E-state index in [0.717, 1.165) is 17.2 Å². The zero-order valence-electron chi connectivity index (χ0n) is 11.3. The summed E-state index contributed by atoms with van der Waals surface area (Å²) in [5, 5.41) is 1.03. The molecule has 2 nitrogen and oxygen atoms in total. The lowest BCUT2D eigenvalue weighted by Gasteiger charge is -2.12. The molecule has 0 aliphatic heterocycles. The predicted molar refractivity (Wildman–Crippen MR) is 82.3 cm³/mol.